The lowest BCUT2D eigenvalue weighted by Crippen LogP contribution is -2.26. The highest BCUT2D eigenvalue weighted by molar-refractivity contribution is 5.79. The maximum Gasteiger partial charge on any atom is 0.172 e. The van der Waals surface area contributed by atoms with Gasteiger partial charge in [0.05, 0.1) is 11.0 Å². The molecule has 1 aliphatic heterocycles. The van der Waals surface area contributed by atoms with Crippen molar-refractivity contribution >= 4 is 22.7 Å². The molecule has 0 saturated carbocycles. The van der Waals surface area contributed by atoms with Gasteiger partial charge in [-0.05, 0) is 37.3 Å². The molecule has 1 aliphatic rings. The average Bonchev–Trinajstić information content (AvgIpc) is 2.63. The first-order valence-corrected chi connectivity index (χ1v) is 7.01. The van der Waals surface area contributed by atoms with Gasteiger partial charge in [0.25, 0.3) is 0 Å². The lowest BCUT2D eigenvalue weighted by atomic mass is 10.0. The first-order chi connectivity index (χ1) is 9.24. The summed E-state index contributed by atoms with van der Waals surface area (Å²) in [5, 5.41) is 0. The number of hydrogen-bond donors (Lipinski definition) is 1. The van der Waals surface area contributed by atoms with Crippen molar-refractivity contribution in [1.29, 1.82) is 0 Å². The van der Waals surface area contributed by atoms with Crippen LogP contribution in [0.2, 0.25) is 0 Å². The van der Waals surface area contributed by atoms with Crippen LogP contribution in [-0.2, 0) is 0 Å². The quantitative estimate of drug-likeness (QED) is 0.852. The summed E-state index contributed by atoms with van der Waals surface area (Å²) in [6.07, 6.45) is 3.69. The maximum atomic E-state index is 6.09. The minimum absolute atomic E-state index is 0.549. The van der Waals surface area contributed by atoms with E-state index in [4.69, 9.17) is 10.7 Å². The summed E-state index contributed by atoms with van der Waals surface area (Å²) in [5.41, 5.74) is 7.88. The molecule has 0 amide bonds. The van der Waals surface area contributed by atoms with Gasteiger partial charge in [0.2, 0.25) is 0 Å². The van der Waals surface area contributed by atoms with Crippen LogP contribution in [0.1, 0.15) is 26.2 Å². The van der Waals surface area contributed by atoms with E-state index in [2.05, 4.69) is 16.8 Å². The fraction of sp³-hybridized carbons (Fsp3) is 0.467. The van der Waals surface area contributed by atoms with Gasteiger partial charge in [-0.25, -0.2) is 9.97 Å². The van der Waals surface area contributed by atoms with Gasteiger partial charge in [0.1, 0.15) is 0 Å². The largest absolute Gasteiger partial charge is 0.381 e. The van der Waals surface area contributed by atoms with Crippen LogP contribution in [-0.4, -0.2) is 23.1 Å². The predicted octanol–water partition coefficient (Wildman–Crippen LogP) is 2.84. The molecule has 0 radical (unpaired) electrons. The number of hydrogen-bond acceptors (Lipinski definition) is 4. The zero-order chi connectivity index (χ0) is 13.2. The second-order valence-corrected chi connectivity index (χ2v) is 5.44. The standard InChI is InChI=1S/C15H20N4/c1-11-5-4-9-19(10-8-11)15-14(16)17-12-6-2-3-7-13(12)18-15/h2-3,6-7,11H,4-5,8-10H2,1H3,(H2,16,17). The van der Waals surface area contributed by atoms with Crippen molar-refractivity contribution in [2.45, 2.75) is 26.2 Å². The topological polar surface area (TPSA) is 55.0 Å². The molecule has 1 fully saturated rings. The fourth-order valence-corrected chi connectivity index (χ4v) is 2.71. The van der Waals surface area contributed by atoms with E-state index in [1.807, 2.05) is 24.3 Å². The third kappa shape index (κ3) is 2.48. The molecule has 19 heavy (non-hydrogen) atoms. The number of nitrogen functional groups attached to an aromatic ring is 1. The Kier molecular flexibility index (Phi) is 3.23. The van der Waals surface area contributed by atoms with Crippen molar-refractivity contribution in [3.8, 4) is 0 Å². The summed E-state index contributed by atoms with van der Waals surface area (Å²) in [5.74, 6) is 2.20. The van der Waals surface area contributed by atoms with E-state index in [-0.39, 0.29) is 0 Å². The van der Waals surface area contributed by atoms with Crippen molar-refractivity contribution in [1.82, 2.24) is 9.97 Å². The molecule has 0 aliphatic carbocycles. The van der Waals surface area contributed by atoms with E-state index in [9.17, 15) is 0 Å². The Hall–Kier alpha value is -1.84. The number of anilines is 2. The smallest absolute Gasteiger partial charge is 0.172 e. The van der Waals surface area contributed by atoms with Gasteiger partial charge < -0.3 is 10.6 Å². The number of aromatic nitrogens is 2. The van der Waals surface area contributed by atoms with Crippen LogP contribution in [0.25, 0.3) is 11.0 Å². The summed E-state index contributed by atoms with van der Waals surface area (Å²) in [4.78, 5) is 11.5. The Labute approximate surface area is 113 Å². The molecule has 4 heteroatoms. The van der Waals surface area contributed by atoms with Crippen LogP contribution in [0.5, 0.6) is 0 Å². The number of benzene rings is 1. The zero-order valence-corrected chi connectivity index (χ0v) is 11.3. The summed E-state index contributed by atoms with van der Waals surface area (Å²) in [7, 11) is 0. The normalized spacial score (nSPS) is 20.5. The van der Waals surface area contributed by atoms with E-state index in [1.165, 1.54) is 19.3 Å². The van der Waals surface area contributed by atoms with Gasteiger partial charge in [0, 0.05) is 13.1 Å². The number of nitrogens with zero attached hydrogens (tertiary/aromatic N) is 3. The van der Waals surface area contributed by atoms with E-state index < -0.39 is 0 Å². The first kappa shape index (κ1) is 12.2. The van der Waals surface area contributed by atoms with Gasteiger partial charge in [-0.3, -0.25) is 0 Å². The molecule has 2 aromatic rings. The van der Waals surface area contributed by atoms with Gasteiger partial charge in [0.15, 0.2) is 11.6 Å². The number of nitrogens with two attached hydrogens (primary N) is 1. The summed E-state index contributed by atoms with van der Waals surface area (Å²) in [6.45, 7) is 4.37. The summed E-state index contributed by atoms with van der Waals surface area (Å²) < 4.78 is 0. The SMILES string of the molecule is CC1CCCN(c2nc3ccccc3nc2N)CC1. The number of rotatable bonds is 1. The molecule has 1 atom stereocenters. The molecule has 100 valence electrons. The van der Waals surface area contributed by atoms with Gasteiger partial charge in [-0.2, -0.15) is 0 Å². The van der Waals surface area contributed by atoms with E-state index in [0.29, 0.717) is 5.82 Å². The van der Waals surface area contributed by atoms with Gasteiger partial charge in [-0.1, -0.05) is 19.1 Å². The van der Waals surface area contributed by atoms with Gasteiger partial charge in [-0.15, -0.1) is 0 Å². The van der Waals surface area contributed by atoms with Crippen molar-refractivity contribution in [2.75, 3.05) is 23.7 Å². The molecule has 0 spiro atoms. The Morgan fingerprint density at radius 1 is 1.11 bits per heavy atom. The highest BCUT2D eigenvalue weighted by Gasteiger charge is 2.18. The van der Waals surface area contributed by atoms with Crippen LogP contribution in [0, 0.1) is 5.92 Å². The first-order valence-electron chi connectivity index (χ1n) is 7.01. The number of fused-ring (bicyclic) bond motifs is 1. The Morgan fingerprint density at radius 2 is 1.84 bits per heavy atom. The molecule has 0 bridgehead atoms. The van der Waals surface area contributed by atoms with Crippen molar-refractivity contribution in [2.24, 2.45) is 5.92 Å². The van der Waals surface area contributed by atoms with Gasteiger partial charge >= 0.3 is 0 Å². The second kappa shape index (κ2) is 5.03. The fourth-order valence-electron chi connectivity index (χ4n) is 2.71. The number of para-hydroxylation sites is 2. The molecule has 2 heterocycles. The molecule has 1 aromatic carbocycles. The second-order valence-electron chi connectivity index (χ2n) is 5.44. The molecule has 2 N–H and O–H groups in total. The molecule has 1 unspecified atom stereocenters. The molecular weight excluding hydrogens is 236 g/mol. The third-order valence-corrected chi connectivity index (χ3v) is 3.89. The van der Waals surface area contributed by atoms with Crippen LogP contribution in [0.15, 0.2) is 24.3 Å². The predicted molar refractivity (Wildman–Crippen MR) is 79.2 cm³/mol. The lowest BCUT2D eigenvalue weighted by molar-refractivity contribution is 0.521. The Bertz CT molecular complexity index is 581. The van der Waals surface area contributed by atoms with Crippen molar-refractivity contribution in [3.63, 3.8) is 0 Å². The third-order valence-electron chi connectivity index (χ3n) is 3.89. The molecule has 4 nitrogen and oxygen atoms in total. The molecule has 3 rings (SSSR count). The zero-order valence-electron chi connectivity index (χ0n) is 11.3. The minimum atomic E-state index is 0.549. The highest BCUT2D eigenvalue weighted by Crippen LogP contribution is 2.26. The Balaban J connectivity index is 1.97. The van der Waals surface area contributed by atoms with E-state index in [0.717, 1.165) is 35.9 Å². The summed E-state index contributed by atoms with van der Waals surface area (Å²) in [6, 6.07) is 7.89. The van der Waals surface area contributed by atoms with E-state index in [1.54, 1.807) is 0 Å². The van der Waals surface area contributed by atoms with Crippen molar-refractivity contribution < 1.29 is 0 Å². The highest BCUT2D eigenvalue weighted by atomic mass is 15.2. The van der Waals surface area contributed by atoms with Crippen molar-refractivity contribution in [3.05, 3.63) is 24.3 Å². The lowest BCUT2D eigenvalue weighted by Gasteiger charge is -2.22. The minimum Gasteiger partial charge on any atom is -0.381 e. The molecule has 1 aromatic heterocycles. The van der Waals surface area contributed by atoms with Crippen LogP contribution >= 0.6 is 0 Å². The summed E-state index contributed by atoms with van der Waals surface area (Å²) >= 11 is 0. The van der Waals surface area contributed by atoms with Crippen LogP contribution < -0.4 is 10.6 Å². The average molecular weight is 256 g/mol. The van der Waals surface area contributed by atoms with E-state index >= 15 is 0 Å². The maximum absolute atomic E-state index is 6.09. The van der Waals surface area contributed by atoms with Crippen LogP contribution in [0.4, 0.5) is 11.6 Å². The Morgan fingerprint density at radius 3 is 2.63 bits per heavy atom. The molecular formula is C15H20N4. The van der Waals surface area contributed by atoms with Crippen LogP contribution in [0.3, 0.4) is 0 Å². The molecule has 1 saturated heterocycles. The monoisotopic (exact) mass is 256 g/mol.